The summed E-state index contributed by atoms with van der Waals surface area (Å²) in [5.74, 6) is -1.26. The van der Waals surface area contributed by atoms with Crippen molar-refractivity contribution in [3.05, 3.63) is 84.4 Å². The Morgan fingerprint density at radius 3 is 2.34 bits per heavy atom. The van der Waals surface area contributed by atoms with Gasteiger partial charge in [-0.15, -0.1) is 0 Å². The van der Waals surface area contributed by atoms with Crippen molar-refractivity contribution in [1.82, 2.24) is 0 Å². The number of nitrogens with zero attached hydrogens (tertiary/aromatic N) is 2. The van der Waals surface area contributed by atoms with Crippen LogP contribution < -0.4 is 10.1 Å². The Morgan fingerprint density at radius 2 is 1.69 bits per heavy atom. The Bertz CT molecular complexity index is 1290. The second-order valence-electron chi connectivity index (χ2n) is 7.58. The Morgan fingerprint density at radius 1 is 0.971 bits per heavy atom. The molecule has 2 N–H and O–H groups in total. The first-order valence-corrected chi connectivity index (χ1v) is 12.5. The minimum atomic E-state index is -3.76. The molecule has 10 heteroatoms. The van der Waals surface area contributed by atoms with Crippen LogP contribution in [0.3, 0.4) is 0 Å². The number of rotatable bonds is 10. The Labute approximate surface area is 203 Å². The standard InChI is InChI=1S/C25H25N3O6S/c1-2-26-28-25(31)27-20-9-6-10-22(16-20)34-21-11-13-23(14-12-21)35(32,33)17-19(15-24(29)30)18-7-4-3-5-8-18/h3-14,16,19H,2,15,17H2,1H3,(H,27,31)(H,29,30)/b28-26+. The van der Waals surface area contributed by atoms with Gasteiger partial charge in [0.1, 0.15) is 11.5 Å². The molecule has 0 saturated heterocycles. The van der Waals surface area contributed by atoms with Gasteiger partial charge in [-0.05, 0) is 48.9 Å². The first-order chi connectivity index (χ1) is 16.8. The van der Waals surface area contributed by atoms with Gasteiger partial charge in [-0.3, -0.25) is 4.79 Å². The number of amides is 2. The van der Waals surface area contributed by atoms with E-state index in [1.165, 1.54) is 24.3 Å². The molecule has 1 unspecified atom stereocenters. The molecule has 3 aromatic rings. The number of carbonyl (C=O) groups is 2. The van der Waals surface area contributed by atoms with Gasteiger partial charge in [0.2, 0.25) is 0 Å². The molecule has 2 amide bonds. The molecule has 0 aromatic heterocycles. The summed E-state index contributed by atoms with van der Waals surface area (Å²) in [7, 11) is -3.76. The number of ether oxygens (including phenoxy) is 1. The van der Waals surface area contributed by atoms with E-state index in [-0.39, 0.29) is 17.1 Å². The first kappa shape index (κ1) is 25.6. The van der Waals surface area contributed by atoms with Crippen LogP contribution in [0.5, 0.6) is 11.5 Å². The van der Waals surface area contributed by atoms with Gasteiger partial charge in [-0.1, -0.05) is 41.5 Å². The number of carboxylic acid groups (broad SMARTS) is 1. The number of carboxylic acids is 1. The molecule has 1 atom stereocenters. The summed E-state index contributed by atoms with van der Waals surface area (Å²) in [5.41, 5.74) is 1.12. The minimum absolute atomic E-state index is 0.0680. The number of nitrogens with one attached hydrogen (secondary N) is 1. The largest absolute Gasteiger partial charge is 0.481 e. The summed E-state index contributed by atoms with van der Waals surface area (Å²) in [5, 5.41) is 19.0. The van der Waals surface area contributed by atoms with Crippen molar-refractivity contribution in [1.29, 1.82) is 0 Å². The van der Waals surface area contributed by atoms with Crippen LogP contribution in [0.2, 0.25) is 0 Å². The quantitative estimate of drug-likeness (QED) is 0.356. The molecule has 3 rings (SSSR count). The molecule has 0 spiro atoms. The topological polar surface area (TPSA) is 134 Å². The van der Waals surface area contributed by atoms with Gasteiger partial charge in [-0.2, -0.15) is 5.11 Å². The normalized spacial score (nSPS) is 12.3. The highest BCUT2D eigenvalue weighted by atomic mass is 32.2. The average Bonchev–Trinajstić information content (AvgIpc) is 2.83. The first-order valence-electron chi connectivity index (χ1n) is 10.8. The van der Waals surface area contributed by atoms with Crippen LogP contribution >= 0.6 is 0 Å². The van der Waals surface area contributed by atoms with E-state index < -0.39 is 27.8 Å². The zero-order valence-corrected chi connectivity index (χ0v) is 19.8. The summed E-state index contributed by atoms with van der Waals surface area (Å²) in [4.78, 5) is 23.1. The lowest BCUT2D eigenvalue weighted by Gasteiger charge is -2.16. The maximum atomic E-state index is 13.0. The fraction of sp³-hybridized carbons (Fsp3) is 0.200. The number of azo groups is 1. The molecule has 0 radical (unpaired) electrons. The second-order valence-corrected chi connectivity index (χ2v) is 9.61. The third kappa shape index (κ3) is 7.75. The lowest BCUT2D eigenvalue weighted by molar-refractivity contribution is -0.137. The van der Waals surface area contributed by atoms with Gasteiger partial charge in [0.25, 0.3) is 0 Å². The number of carbonyl (C=O) groups excluding carboxylic acids is 1. The fourth-order valence-corrected chi connectivity index (χ4v) is 4.93. The molecule has 3 aromatic carbocycles. The zero-order chi connectivity index (χ0) is 25.3. The maximum absolute atomic E-state index is 13.0. The van der Waals surface area contributed by atoms with Crippen molar-refractivity contribution in [2.45, 2.75) is 24.2 Å². The van der Waals surface area contributed by atoms with Crippen molar-refractivity contribution in [3.63, 3.8) is 0 Å². The maximum Gasteiger partial charge on any atom is 0.363 e. The van der Waals surface area contributed by atoms with E-state index in [0.717, 1.165) is 0 Å². The third-order valence-corrected chi connectivity index (χ3v) is 6.75. The molecule has 0 fully saturated rings. The van der Waals surface area contributed by atoms with E-state index >= 15 is 0 Å². The second kappa shape index (κ2) is 11.9. The lowest BCUT2D eigenvalue weighted by atomic mass is 9.98. The van der Waals surface area contributed by atoms with Crippen molar-refractivity contribution in [2.24, 2.45) is 10.2 Å². The van der Waals surface area contributed by atoms with Gasteiger partial charge in [0.05, 0.1) is 23.6 Å². The highest BCUT2D eigenvalue weighted by molar-refractivity contribution is 7.91. The molecule has 9 nitrogen and oxygen atoms in total. The van der Waals surface area contributed by atoms with Crippen LogP contribution in [0, 0.1) is 0 Å². The number of aliphatic carboxylic acids is 1. The van der Waals surface area contributed by atoms with Crippen LogP contribution in [0.4, 0.5) is 10.5 Å². The number of hydrogen-bond donors (Lipinski definition) is 2. The number of urea groups is 1. The summed E-state index contributed by atoms with van der Waals surface area (Å²) in [6.07, 6.45) is -0.295. The van der Waals surface area contributed by atoms with Crippen LogP contribution in [-0.4, -0.2) is 37.8 Å². The van der Waals surface area contributed by atoms with E-state index in [1.54, 1.807) is 61.5 Å². The molecular weight excluding hydrogens is 470 g/mol. The molecular formula is C25H25N3O6S. The highest BCUT2D eigenvalue weighted by Gasteiger charge is 2.25. The predicted molar refractivity (Wildman–Crippen MR) is 131 cm³/mol. The van der Waals surface area contributed by atoms with Crippen LogP contribution in [0.1, 0.15) is 24.8 Å². The van der Waals surface area contributed by atoms with Crippen molar-refractivity contribution in [3.8, 4) is 11.5 Å². The summed E-state index contributed by atoms with van der Waals surface area (Å²) >= 11 is 0. The van der Waals surface area contributed by atoms with Gasteiger partial charge in [-0.25, -0.2) is 13.2 Å². The van der Waals surface area contributed by atoms with Gasteiger partial charge in [0, 0.05) is 17.7 Å². The SMILES string of the molecule is CC/N=N/C(=O)Nc1cccc(Oc2ccc(S(=O)(=O)CC(CC(=O)O)c3ccccc3)cc2)c1. The Kier molecular flexibility index (Phi) is 8.69. The van der Waals surface area contributed by atoms with E-state index in [4.69, 9.17) is 4.74 Å². The minimum Gasteiger partial charge on any atom is -0.481 e. The fourth-order valence-electron chi connectivity index (χ4n) is 3.34. The van der Waals surface area contributed by atoms with Gasteiger partial charge < -0.3 is 15.2 Å². The molecule has 35 heavy (non-hydrogen) atoms. The summed E-state index contributed by atoms with van der Waals surface area (Å²) in [6.45, 7) is 2.16. The molecule has 0 aliphatic heterocycles. The van der Waals surface area contributed by atoms with Crippen molar-refractivity contribution >= 4 is 27.5 Å². The number of sulfone groups is 1. The van der Waals surface area contributed by atoms with E-state index in [2.05, 4.69) is 15.5 Å². The van der Waals surface area contributed by atoms with E-state index in [9.17, 15) is 23.1 Å². The van der Waals surface area contributed by atoms with Crippen LogP contribution in [-0.2, 0) is 14.6 Å². The molecule has 0 heterocycles. The van der Waals surface area contributed by atoms with E-state index in [1.807, 2.05) is 0 Å². The molecule has 0 aliphatic rings. The predicted octanol–water partition coefficient (Wildman–Crippen LogP) is 5.52. The Hall–Kier alpha value is -4.05. The van der Waals surface area contributed by atoms with Gasteiger partial charge in [0.15, 0.2) is 9.84 Å². The zero-order valence-electron chi connectivity index (χ0n) is 19.0. The molecule has 0 saturated carbocycles. The monoisotopic (exact) mass is 495 g/mol. The van der Waals surface area contributed by atoms with Crippen molar-refractivity contribution < 1.29 is 27.9 Å². The average molecular weight is 496 g/mol. The van der Waals surface area contributed by atoms with E-state index in [0.29, 0.717) is 29.3 Å². The highest BCUT2D eigenvalue weighted by Crippen LogP contribution is 2.28. The van der Waals surface area contributed by atoms with Crippen LogP contribution in [0.15, 0.2) is 94.0 Å². The number of anilines is 1. The van der Waals surface area contributed by atoms with Crippen LogP contribution in [0.25, 0.3) is 0 Å². The lowest BCUT2D eigenvalue weighted by Crippen LogP contribution is -2.18. The van der Waals surface area contributed by atoms with Gasteiger partial charge >= 0.3 is 12.0 Å². The molecule has 0 aliphatic carbocycles. The summed E-state index contributed by atoms with van der Waals surface area (Å²) < 4.78 is 31.8. The number of hydrogen-bond acceptors (Lipinski definition) is 6. The number of benzene rings is 3. The summed E-state index contributed by atoms with van der Waals surface area (Å²) in [6, 6.07) is 20.6. The Balaban J connectivity index is 1.71. The molecule has 0 bridgehead atoms. The van der Waals surface area contributed by atoms with Crippen molar-refractivity contribution in [2.75, 3.05) is 17.6 Å². The smallest absolute Gasteiger partial charge is 0.363 e. The third-order valence-electron chi connectivity index (χ3n) is 4.92. The molecule has 182 valence electrons.